The van der Waals surface area contributed by atoms with E-state index < -0.39 is 23.4 Å². The molecule has 0 bridgehead atoms. The van der Waals surface area contributed by atoms with Crippen molar-refractivity contribution in [1.82, 2.24) is 0 Å². The highest BCUT2D eigenvalue weighted by Crippen LogP contribution is 2.31. The predicted octanol–water partition coefficient (Wildman–Crippen LogP) is 5.21. The summed E-state index contributed by atoms with van der Waals surface area (Å²) in [7, 11) is 1.41. The van der Waals surface area contributed by atoms with Crippen molar-refractivity contribution in [2.24, 2.45) is 0 Å². The molecule has 0 radical (unpaired) electrons. The van der Waals surface area contributed by atoms with Crippen molar-refractivity contribution in [1.29, 1.82) is 5.41 Å². The Labute approximate surface area is 187 Å². The average Bonchev–Trinajstić information content (AvgIpc) is 2.72. The molecule has 4 N–H and O–H groups in total. The van der Waals surface area contributed by atoms with Gasteiger partial charge in [-0.2, -0.15) is 13.2 Å². The Kier molecular flexibility index (Phi) is 8.25. The largest absolute Gasteiger partial charge is 0.497 e. The first kappa shape index (κ1) is 24.7. The number of halogens is 4. The summed E-state index contributed by atoms with van der Waals surface area (Å²) in [4.78, 5) is 24.2. The van der Waals surface area contributed by atoms with Gasteiger partial charge in [0.05, 0.1) is 12.7 Å². The van der Waals surface area contributed by atoms with Gasteiger partial charge in [-0.15, -0.1) is 0 Å². The molecule has 170 valence electrons. The summed E-state index contributed by atoms with van der Waals surface area (Å²) in [6.45, 7) is 1.64. The number of benzene rings is 2. The van der Waals surface area contributed by atoms with Gasteiger partial charge in [-0.25, -0.2) is 0 Å². The molecule has 7 nitrogen and oxygen atoms in total. The van der Waals surface area contributed by atoms with Gasteiger partial charge in [-0.05, 0) is 42.5 Å². The topological polar surface area (TPSA) is 103 Å². The van der Waals surface area contributed by atoms with Gasteiger partial charge in [0, 0.05) is 34.7 Å². The second-order valence-electron chi connectivity index (χ2n) is 6.37. The molecule has 0 unspecified atom stereocenters. The van der Waals surface area contributed by atoms with Gasteiger partial charge >= 0.3 is 6.18 Å². The minimum atomic E-state index is -4.96. The number of carbonyl (C=O) groups excluding carboxylic acids is 2. The molecule has 0 heterocycles. The summed E-state index contributed by atoms with van der Waals surface area (Å²) >= 11 is 5.98. The number of anilines is 3. The summed E-state index contributed by atoms with van der Waals surface area (Å²) in [6.07, 6.45) is -4.46. The Morgan fingerprint density at radius 3 is 2.12 bits per heavy atom. The molecule has 0 aromatic heterocycles. The van der Waals surface area contributed by atoms with Crippen molar-refractivity contribution in [2.75, 3.05) is 23.1 Å². The fourth-order valence-corrected chi connectivity index (χ4v) is 2.78. The molecule has 0 aliphatic rings. The van der Waals surface area contributed by atoms with Crippen molar-refractivity contribution < 1.29 is 27.5 Å². The van der Waals surface area contributed by atoms with Gasteiger partial charge < -0.3 is 26.1 Å². The first-order valence-electron chi connectivity index (χ1n) is 9.22. The minimum absolute atomic E-state index is 0.0394. The zero-order valence-corrected chi connectivity index (χ0v) is 17.8. The Balaban J connectivity index is 2.37. The molecule has 2 aromatic carbocycles. The summed E-state index contributed by atoms with van der Waals surface area (Å²) in [5, 5.41) is 14.5. The Bertz CT molecular complexity index is 1040. The quantitative estimate of drug-likeness (QED) is 0.315. The first-order valence-corrected chi connectivity index (χ1v) is 9.60. The highest BCUT2D eigenvalue weighted by Gasteiger charge is 2.38. The molecular weight excluding hydrogens is 449 g/mol. The molecular formula is C21H20ClF3N4O3. The van der Waals surface area contributed by atoms with Crippen LogP contribution in [0.3, 0.4) is 0 Å². The average molecular weight is 469 g/mol. The monoisotopic (exact) mass is 468 g/mol. The van der Waals surface area contributed by atoms with Crippen LogP contribution in [0.5, 0.6) is 5.75 Å². The molecule has 2 amide bonds. The van der Waals surface area contributed by atoms with E-state index in [1.54, 1.807) is 6.92 Å². The van der Waals surface area contributed by atoms with Crippen LogP contribution in [0.15, 0.2) is 53.7 Å². The number of rotatable bonds is 8. The lowest BCUT2D eigenvalue weighted by Gasteiger charge is -2.18. The third kappa shape index (κ3) is 6.74. The van der Waals surface area contributed by atoms with E-state index >= 15 is 0 Å². The highest BCUT2D eigenvalue weighted by molar-refractivity contribution is 6.31. The Hall–Kier alpha value is -3.53. The molecule has 0 spiro atoms. The van der Waals surface area contributed by atoms with Gasteiger partial charge in [0.2, 0.25) is 5.91 Å². The second kappa shape index (κ2) is 10.7. The lowest BCUT2D eigenvalue weighted by atomic mass is 10.1. The molecule has 2 rings (SSSR count). The third-order valence-corrected chi connectivity index (χ3v) is 4.28. The number of amides is 2. The summed E-state index contributed by atoms with van der Waals surface area (Å²) in [5.74, 6) is -1.07. The Morgan fingerprint density at radius 1 is 1.03 bits per heavy atom. The standard InChI is InChI=1S/C21H20ClF3N4O3/c1-3-18(30)27-14-8-12(22)9-15(10-14)29-20(31)17(11-26)19(21(23,24)25)28-13-4-6-16(32-2)7-5-13/h4-11,26,28H,3H2,1-2H3,(H,27,30)(H,29,31)/b19-17+,26-11?. The van der Waals surface area contributed by atoms with Crippen LogP contribution in [0, 0.1) is 5.41 Å². The number of hydrogen-bond acceptors (Lipinski definition) is 5. The van der Waals surface area contributed by atoms with E-state index in [0.717, 1.165) is 0 Å². The third-order valence-electron chi connectivity index (χ3n) is 4.06. The van der Waals surface area contributed by atoms with Crippen molar-refractivity contribution in [3.05, 3.63) is 58.8 Å². The van der Waals surface area contributed by atoms with Crippen LogP contribution in [0.25, 0.3) is 0 Å². The zero-order valence-electron chi connectivity index (χ0n) is 17.1. The van der Waals surface area contributed by atoms with Crippen LogP contribution in [-0.4, -0.2) is 31.3 Å². The van der Waals surface area contributed by atoms with E-state index in [0.29, 0.717) is 12.0 Å². The first-order chi connectivity index (χ1) is 15.1. The predicted molar refractivity (Wildman–Crippen MR) is 117 cm³/mol. The van der Waals surface area contributed by atoms with Gasteiger partial charge in [0.25, 0.3) is 5.91 Å². The van der Waals surface area contributed by atoms with E-state index in [-0.39, 0.29) is 34.4 Å². The van der Waals surface area contributed by atoms with Gasteiger partial charge in [-0.3, -0.25) is 9.59 Å². The number of hydrogen-bond donors (Lipinski definition) is 4. The smallest absolute Gasteiger partial charge is 0.432 e. The number of nitrogens with one attached hydrogen (secondary N) is 4. The molecule has 0 atom stereocenters. The maximum atomic E-state index is 13.7. The van der Waals surface area contributed by atoms with Crippen LogP contribution < -0.4 is 20.7 Å². The molecule has 2 aromatic rings. The lowest BCUT2D eigenvalue weighted by Crippen LogP contribution is -2.27. The Morgan fingerprint density at radius 2 is 1.62 bits per heavy atom. The maximum absolute atomic E-state index is 13.7. The van der Waals surface area contributed by atoms with Crippen molar-refractivity contribution in [3.63, 3.8) is 0 Å². The van der Waals surface area contributed by atoms with E-state index in [1.807, 2.05) is 0 Å². The van der Waals surface area contributed by atoms with Crippen molar-refractivity contribution in [3.8, 4) is 5.75 Å². The molecule has 0 aliphatic carbocycles. The van der Waals surface area contributed by atoms with E-state index in [9.17, 15) is 22.8 Å². The van der Waals surface area contributed by atoms with Gasteiger partial charge in [-0.1, -0.05) is 18.5 Å². The summed E-state index contributed by atoms with van der Waals surface area (Å²) in [6, 6.07) is 9.62. The van der Waals surface area contributed by atoms with Crippen molar-refractivity contribution >= 4 is 46.7 Å². The minimum Gasteiger partial charge on any atom is -0.497 e. The van der Waals surface area contributed by atoms with Crippen LogP contribution >= 0.6 is 11.6 Å². The molecule has 11 heteroatoms. The fraction of sp³-hybridized carbons (Fsp3) is 0.190. The lowest BCUT2D eigenvalue weighted by molar-refractivity contribution is -0.116. The van der Waals surface area contributed by atoms with Crippen LogP contribution in [0.1, 0.15) is 13.3 Å². The number of ether oxygens (including phenoxy) is 1. The van der Waals surface area contributed by atoms with Gasteiger partial charge in [0.1, 0.15) is 11.4 Å². The number of carbonyl (C=O) groups is 2. The SMILES string of the molecule is CCC(=O)Nc1cc(Cl)cc(NC(=O)/C(C=N)=C(/Nc2ccc(OC)cc2)C(F)(F)F)c1. The molecule has 0 saturated carbocycles. The fourth-order valence-electron chi connectivity index (χ4n) is 2.54. The van der Waals surface area contributed by atoms with Gasteiger partial charge in [0.15, 0.2) is 0 Å². The number of alkyl halides is 3. The van der Waals surface area contributed by atoms with E-state index in [2.05, 4.69) is 16.0 Å². The maximum Gasteiger partial charge on any atom is 0.432 e. The normalized spacial score (nSPS) is 11.8. The molecule has 0 saturated heterocycles. The van der Waals surface area contributed by atoms with E-state index in [1.165, 1.54) is 49.6 Å². The highest BCUT2D eigenvalue weighted by atomic mass is 35.5. The summed E-state index contributed by atoms with van der Waals surface area (Å²) < 4.78 is 46.1. The molecule has 0 fully saturated rings. The van der Waals surface area contributed by atoms with Crippen molar-refractivity contribution in [2.45, 2.75) is 19.5 Å². The number of allylic oxidation sites excluding steroid dienone is 1. The summed E-state index contributed by atoms with van der Waals surface area (Å²) in [5.41, 5.74) is -2.03. The number of methoxy groups -OCH3 is 1. The molecule has 0 aliphatic heterocycles. The van der Waals surface area contributed by atoms with Crippen LogP contribution in [-0.2, 0) is 9.59 Å². The second-order valence-corrected chi connectivity index (χ2v) is 6.81. The zero-order chi connectivity index (χ0) is 23.9. The van der Waals surface area contributed by atoms with E-state index in [4.69, 9.17) is 21.7 Å². The van der Waals surface area contributed by atoms with Crippen LogP contribution in [0.2, 0.25) is 5.02 Å². The van der Waals surface area contributed by atoms with Crippen LogP contribution in [0.4, 0.5) is 30.2 Å². The molecule has 32 heavy (non-hydrogen) atoms.